The Morgan fingerprint density at radius 2 is 2.33 bits per heavy atom. The van der Waals surface area contributed by atoms with Crippen molar-refractivity contribution in [3.8, 4) is 0 Å². The molecule has 1 aromatic rings. The van der Waals surface area contributed by atoms with Crippen LogP contribution < -0.4 is 10.6 Å². The van der Waals surface area contributed by atoms with Crippen LogP contribution in [0.25, 0.3) is 0 Å². The van der Waals surface area contributed by atoms with E-state index in [1.165, 1.54) is 0 Å². The largest absolute Gasteiger partial charge is 0.358 e. The maximum absolute atomic E-state index is 11.5. The summed E-state index contributed by atoms with van der Waals surface area (Å²) in [6.07, 6.45) is 3.37. The van der Waals surface area contributed by atoms with Crippen LogP contribution in [0, 0.1) is 5.92 Å². The summed E-state index contributed by atoms with van der Waals surface area (Å²) in [4.78, 5) is 18.4. The second-order valence-corrected chi connectivity index (χ2v) is 3.79. The molecule has 1 unspecified atom stereocenters. The van der Waals surface area contributed by atoms with Gasteiger partial charge >= 0.3 is 0 Å². The monoisotopic (exact) mass is 210 g/mol. The number of aromatic amines is 1. The summed E-state index contributed by atoms with van der Waals surface area (Å²) in [7, 11) is 1.65. The van der Waals surface area contributed by atoms with Gasteiger partial charge in [-0.3, -0.25) is 10.1 Å². The Bertz CT molecular complexity index is 294. The summed E-state index contributed by atoms with van der Waals surface area (Å²) in [6, 6.07) is -0.168. The number of imidazole rings is 1. The SMILES string of the molecule is CNC(=O)C(NCc1cnc[nH]1)C(C)C. The van der Waals surface area contributed by atoms with Crippen molar-refractivity contribution < 1.29 is 4.79 Å². The number of likely N-dealkylation sites (N-methyl/N-ethyl adjacent to an activating group) is 1. The zero-order valence-corrected chi connectivity index (χ0v) is 9.37. The molecule has 1 atom stereocenters. The molecule has 0 saturated heterocycles. The molecular formula is C10H18N4O. The van der Waals surface area contributed by atoms with Gasteiger partial charge in [-0.05, 0) is 5.92 Å². The van der Waals surface area contributed by atoms with Gasteiger partial charge in [0.1, 0.15) is 0 Å². The Morgan fingerprint density at radius 1 is 1.60 bits per heavy atom. The van der Waals surface area contributed by atoms with Crippen molar-refractivity contribution in [2.24, 2.45) is 5.92 Å². The Hall–Kier alpha value is -1.36. The van der Waals surface area contributed by atoms with Gasteiger partial charge in [-0.25, -0.2) is 4.98 Å². The van der Waals surface area contributed by atoms with E-state index in [0.29, 0.717) is 6.54 Å². The molecule has 0 saturated carbocycles. The van der Waals surface area contributed by atoms with Gasteiger partial charge in [0.15, 0.2) is 0 Å². The van der Waals surface area contributed by atoms with Crippen LogP contribution in [0.1, 0.15) is 19.5 Å². The first-order valence-corrected chi connectivity index (χ1v) is 5.07. The third-order valence-corrected chi connectivity index (χ3v) is 2.26. The number of hydrogen-bond acceptors (Lipinski definition) is 3. The van der Waals surface area contributed by atoms with Gasteiger partial charge < -0.3 is 10.3 Å². The Labute approximate surface area is 89.7 Å². The van der Waals surface area contributed by atoms with Crippen LogP contribution in [0.15, 0.2) is 12.5 Å². The molecule has 5 heteroatoms. The quantitative estimate of drug-likeness (QED) is 0.653. The van der Waals surface area contributed by atoms with Crippen LogP contribution in [0.2, 0.25) is 0 Å². The van der Waals surface area contributed by atoms with Gasteiger partial charge in [0, 0.05) is 25.5 Å². The summed E-state index contributed by atoms with van der Waals surface area (Å²) in [6.45, 7) is 4.65. The molecule has 0 aliphatic carbocycles. The highest BCUT2D eigenvalue weighted by Crippen LogP contribution is 2.02. The van der Waals surface area contributed by atoms with Gasteiger partial charge in [0.05, 0.1) is 12.4 Å². The average molecular weight is 210 g/mol. The van der Waals surface area contributed by atoms with Gasteiger partial charge in [-0.2, -0.15) is 0 Å². The number of H-pyrrole nitrogens is 1. The first-order chi connectivity index (χ1) is 7.15. The van der Waals surface area contributed by atoms with Crippen LogP contribution in [0.5, 0.6) is 0 Å². The van der Waals surface area contributed by atoms with Crippen molar-refractivity contribution >= 4 is 5.91 Å². The lowest BCUT2D eigenvalue weighted by Gasteiger charge is -2.20. The van der Waals surface area contributed by atoms with Crippen LogP contribution >= 0.6 is 0 Å². The number of aromatic nitrogens is 2. The molecule has 0 radical (unpaired) electrons. The van der Waals surface area contributed by atoms with Crippen LogP contribution in [-0.2, 0) is 11.3 Å². The zero-order valence-electron chi connectivity index (χ0n) is 9.37. The molecule has 0 aliphatic rings. The number of hydrogen-bond donors (Lipinski definition) is 3. The number of rotatable bonds is 5. The normalized spacial score (nSPS) is 12.8. The van der Waals surface area contributed by atoms with Gasteiger partial charge in [0.2, 0.25) is 5.91 Å². The summed E-state index contributed by atoms with van der Waals surface area (Å²) < 4.78 is 0. The molecule has 0 spiro atoms. The molecule has 0 fully saturated rings. The second kappa shape index (κ2) is 5.50. The number of nitrogens with one attached hydrogen (secondary N) is 3. The second-order valence-electron chi connectivity index (χ2n) is 3.79. The molecule has 1 aromatic heterocycles. The predicted octanol–water partition coefficient (Wildman–Crippen LogP) is 0.270. The van der Waals surface area contributed by atoms with E-state index in [9.17, 15) is 4.79 Å². The van der Waals surface area contributed by atoms with E-state index in [1.54, 1.807) is 19.6 Å². The predicted molar refractivity (Wildman–Crippen MR) is 58.1 cm³/mol. The van der Waals surface area contributed by atoms with E-state index >= 15 is 0 Å². The summed E-state index contributed by atoms with van der Waals surface area (Å²) in [5.41, 5.74) is 0.976. The topological polar surface area (TPSA) is 69.8 Å². The molecule has 1 amide bonds. The minimum absolute atomic E-state index is 0.0181. The lowest BCUT2D eigenvalue weighted by atomic mass is 10.0. The maximum Gasteiger partial charge on any atom is 0.237 e. The average Bonchev–Trinajstić information content (AvgIpc) is 2.70. The molecule has 84 valence electrons. The van der Waals surface area contributed by atoms with E-state index in [4.69, 9.17) is 0 Å². The molecule has 1 heterocycles. The van der Waals surface area contributed by atoms with Gasteiger partial charge in [-0.15, -0.1) is 0 Å². The zero-order chi connectivity index (χ0) is 11.3. The molecule has 1 rings (SSSR count). The minimum atomic E-state index is -0.168. The fourth-order valence-corrected chi connectivity index (χ4v) is 1.39. The summed E-state index contributed by atoms with van der Waals surface area (Å²) >= 11 is 0. The third kappa shape index (κ3) is 3.36. The molecule has 3 N–H and O–H groups in total. The van der Waals surface area contributed by atoms with Crippen LogP contribution in [0.4, 0.5) is 0 Å². The number of amides is 1. The van der Waals surface area contributed by atoms with Crippen molar-refractivity contribution in [3.63, 3.8) is 0 Å². The van der Waals surface area contributed by atoms with Crippen molar-refractivity contribution in [1.82, 2.24) is 20.6 Å². The van der Waals surface area contributed by atoms with E-state index in [1.807, 2.05) is 13.8 Å². The molecule has 0 bridgehead atoms. The van der Waals surface area contributed by atoms with Gasteiger partial charge in [-0.1, -0.05) is 13.8 Å². The molecule has 0 aromatic carbocycles. The Morgan fingerprint density at radius 3 is 2.80 bits per heavy atom. The highest BCUT2D eigenvalue weighted by atomic mass is 16.2. The number of carbonyl (C=O) groups is 1. The maximum atomic E-state index is 11.5. The number of nitrogens with zero attached hydrogens (tertiary/aromatic N) is 1. The Balaban J connectivity index is 2.49. The van der Waals surface area contributed by atoms with E-state index in [0.717, 1.165) is 5.69 Å². The van der Waals surface area contributed by atoms with Crippen molar-refractivity contribution in [2.75, 3.05) is 7.05 Å². The highest BCUT2D eigenvalue weighted by Gasteiger charge is 2.20. The van der Waals surface area contributed by atoms with Crippen molar-refractivity contribution in [1.29, 1.82) is 0 Å². The van der Waals surface area contributed by atoms with Crippen LogP contribution in [0.3, 0.4) is 0 Å². The fraction of sp³-hybridized carbons (Fsp3) is 0.600. The lowest BCUT2D eigenvalue weighted by Crippen LogP contribution is -2.45. The van der Waals surface area contributed by atoms with E-state index in [-0.39, 0.29) is 17.9 Å². The summed E-state index contributed by atoms with van der Waals surface area (Å²) in [5, 5.41) is 5.84. The minimum Gasteiger partial charge on any atom is -0.358 e. The smallest absolute Gasteiger partial charge is 0.237 e. The molecule has 5 nitrogen and oxygen atoms in total. The Kier molecular flexibility index (Phi) is 4.30. The van der Waals surface area contributed by atoms with Crippen LogP contribution in [-0.4, -0.2) is 29.0 Å². The molecular weight excluding hydrogens is 192 g/mol. The molecule has 15 heavy (non-hydrogen) atoms. The fourth-order valence-electron chi connectivity index (χ4n) is 1.39. The van der Waals surface area contributed by atoms with Crippen molar-refractivity contribution in [2.45, 2.75) is 26.4 Å². The third-order valence-electron chi connectivity index (χ3n) is 2.26. The van der Waals surface area contributed by atoms with Crippen molar-refractivity contribution in [3.05, 3.63) is 18.2 Å². The summed E-state index contributed by atoms with van der Waals surface area (Å²) in [5.74, 6) is 0.275. The highest BCUT2D eigenvalue weighted by molar-refractivity contribution is 5.81. The lowest BCUT2D eigenvalue weighted by molar-refractivity contribution is -0.123. The van der Waals surface area contributed by atoms with E-state index < -0.39 is 0 Å². The van der Waals surface area contributed by atoms with Gasteiger partial charge in [0.25, 0.3) is 0 Å². The first-order valence-electron chi connectivity index (χ1n) is 5.07. The standard InChI is InChI=1S/C10H18N4O/c1-7(2)9(10(15)11-3)13-5-8-4-12-6-14-8/h4,6-7,9,13H,5H2,1-3H3,(H,11,15)(H,12,14). The van der Waals surface area contributed by atoms with E-state index in [2.05, 4.69) is 20.6 Å². The molecule has 0 aliphatic heterocycles. The number of carbonyl (C=O) groups excluding carboxylic acids is 1. The first kappa shape index (κ1) is 11.7.